The maximum Gasteiger partial charge on any atom is 0.180 e. The monoisotopic (exact) mass is 385 g/mol. The number of hydrogen-bond donors (Lipinski definition) is 1. The van der Waals surface area contributed by atoms with E-state index in [9.17, 15) is 4.39 Å². The van der Waals surface area contributed by atoms with Gasteiger partial charge in [0.15, 0.2) is 11.5 Å². The maximum atomic E-state index is 13.7. The highest BCUT2D eigenvalue weighted by Gasteiger charge is 2.21. The molecule has 3 nitrogen and oxygen atoms in total. The van der Waals surface area contributed by atoms with E-state index in [4.69, 9.17) is 21.1 Å². The van der Waals surface area contributed by atoms with Gasteiger partial charge in [0.05, 0.1) is 11.6 Å². The first-order chi connectivity index (χ1) is 11.7. The summed E-state index contributed by atoms with van der Waals surface area (Å²) in [7, 11) is 0. The van der Waals surface area contributed by atoms with Gasteiger partial charge in [-0.1, -0.05) is 29.8 Å². The molecule has 6 heteroatoms. The van der Waals surface area contributed by atoms with Gasteiger partial charge in [0.1, 0.15) is 12.4 Å². The molecule has 1 N–H and O–H groups in total. The molecule has 136 valence electrons. The van der Waals surface area contributed by atoms with Crippen molar-refractivity contribution in [3.05, 3.63) is 58.4 Å². The SMILES string of the molecule is CCOc1cc(CNC2CC2)cc(Cl)c1OCc1ccccc1F.Cl. The van der Waals surface area contributed by atoms with E-state index < -0.39 is 0 Å². The van der Waals surface area contributed by atoms with Crippen LogP contribution in [0.2, 0.25) is 5.02 Å². The van der Waals surface area contributed by atoms with E-state index in [1.54, 1.807) is 18.2 Å². The lowest BCUT2D eigenvalue weighted by molar-refractivity contribution is 0.266. The predicted octanol–water partition coefficient (Wildman–Crippen LogP) is 5.13. The van der Waals surface area contributed by atoms with Gasteiger partial charge < -0.3 is 14.8 Å². The lowest BCUT2D eigenvalue weighted by atomic mass is 10.2. The second kappa shape index (κ2) is 9.27. The fraction of sp³-hybridized carbons (Fsp3) is 0.368. The van der Waals surface area contributed by atoms with Crippen molar-refractivity contribution in [2.24, 2.45) is 0 Å². The van der Waals surface area contributed by atoms with Crippen LogP contribution in [0.25, 0.3) is 0 Å². The van der Waals surface area contributed by atoms with Crippen molar-refractivity contribution in [2.75, 3.05) is 6.61 Å². The number of nitrogens with one attached hydrogen (secondary N) is 1. The summed E-state index contributed by atoms with van der Waals surface area (Å²) in [5.74, 6) is 0.753. The molecule has 2 aromatic carbocycles. The van der Waals surface area contributed by atoms with E-state index in [2.05, 4.69) is 5.32 Å². The standard InChI is InChI=1S/C19H21ClFNO2.ClH/c1-2-23-18-10-13(11-22-15-7-8-15)9-16(20)19(18)24-12-14-5-3-4-6-17(14)21;/h3-6,9-10,15,22H,2,7-8,11-12H2,1H3;1H. The van der Waals surface area contributed by atoms with Crippen molar-refractivity contribution in [2.45, 2.75) is 39.0 Å². The molecule has 1 aliphatic carbocycles. The summed E-state index contributed by atoms with van der Waals surface area (Å²) in [4.78, 5) is 0. The molecule has 0 atom stereocenters. The third-order valence-electron chi connectivity index (χ3n) is 3.87. The van der Waals surface area contributed by atoms with Crippen LogP contribution < -0.4 is 14.8 Å². The van der Waals surface area contributed by atoms with Crippen LogP contribution in [0.3, 0.4) is 0 Å². The number of rotatable bonds is 8. The van der Waals surface area contributed by atoms with E-state index in [1.807, 2.05) is 19.1 Å². The van der Waals surface area contributed by atoms with E-state index in [-0.39, 0.29) is 24.8 Å². The minimum atomic E-state index is -0.295. The Labute approximate surface area is 158 Å². The summed E-state index contributed by atoms with van der Waals surface area (Å²) < 4.78 is 25.2. The Bertz CT molecular complexity index is 708. The summed E-state index contributed by atoms with van der Waals surface area (Å²) >= 11 is 6.38. The second-order valence-corrected chi connectivity index (χ2v) is 6.28. The fourth-order valence-corrected chi connectivity index (χ4v) is 2.73. The van der Waals surface area contributed by atoms with Crippen LogP contribution in [0, 0.1) is 5.82 Å². The average Bonchev–Trinajstić information content (AvgIpc) is 3.38. The molecule has 0 saturated heterocycles. The highest BCUT2D eigenvalue weighted by atomic mass is 35.5. The van der Waals surface area contributed by atoms with E-state index in [0.29, 0.717) is 34.7 Å². The number of ether oxygens (including phenoxy) is 2. The van der Waals surface area contributed by atoms with Crippen molar-refractivity contribution in [3.63, 3.8) is 0 Å². The molecule has 0 radical (unpaired) electrons. The first kappa shape index (κ1) is 19.8. The van der Waals surface area contributed by atoms with Gasteiger partial charge in [-0.05, 0) is 43.5 Å². The molecule has 1 saturated carbocycles. The summed E-state index contributed by atoms with van der Waals surface area (Å²) in [5, 5.41) is 3.93. The van der Waals surface area contributed by atoms with Crippen LogP contribution in [0.1, 0.15) is 30.9 Å². The van der Waals surface area contributed by atoms with E-state index >= 15 is 0 Å². The molecule has 0 aliphatic heterocycles. The van der Waals surface area contributed by atoms with Gasteiger partial charge in [0, 0.05) is 18.2 Å². The van der Waals surface area contributed by atoms with Gasteiger partial charge in [-0.3, -0.25) is 0 Å². The van der Waals surface area contributed by atoms with Crippen molar-refractivity contribution in [1.29, 1.82) is 0 Å². The molecule has 0 bridgehead atoms. The van der Waals surface area contributed by atoms with Gasteiger partial charge in [-0.25, -0.2) is 4.39 Å². The van der Waals surface area contributed by atoms with Crippen LogP contribution >= 0.6 is 24.0 Å². The normalized spacial score (nSPS) is 13.2. The van der Waals surface area contributed by atoms with Crippen molar-refractivity contribution >= 4 is 24.0 Å². The Hall–Kier alpha value is -1.49. The largest absolute Gasteiger partial charge is 0.490 e. The summed E-state index contributed by atoms with van der Waals surface area (Å²) in [6.07, 6.45) is 2.46. The Morgan fingerprint density at radius 2 is 1.96 bits per heavy atom. The zero-order valence-electron chi connectivity index (χ0n) is 14.1. The highest BCUT2D eigenvalue weighted by molar-refractivity contribution is 6.32. The topological polar surface area (TPSA) is 30.5 Å². The molecule has 0 amide bonds. The van der Waals surface area contributed by atoms with E-state index in [1.165, 1.54) is 18.9 Å². The summed E-state index contributed by atoms with van der Waals surface area (Å²) in [6.45, 7) is 3.26. The number of halogens is 3. The van der Waals surface area contributed by atoms with E-state index in [0.717, 1.165) is 12.1 Å². The average molecular weight is 386 g/mol. The molecule has 1 aliphatic rings. The summed E-state index contributed by atoms with van der Waals surface area (Å²) in [6, 6.07) is 11.0. The summed E-state index contributed by atoms with van der Waals surface area (Å²) in [5.41, 5.74) is 1.53. The molecule has 0 heterocycles. The third-order valence-corrected chi connectivity index (χ3v) is 4.15. The van der Waals surface area contributed by atoms with Crippen molar-refractivity contribution in [3.8, 4) is 11.5 Å². The first-order valence-corrected chi connectivity index (χ1v) is 8.60. The van der Waals surface area contributed by atoms with Gasteiger partial charge in [-0.2, -0.15) is 0 Å². The molecule has 0 spiro atoms. The van der Waals surface area contributed by atoms with Crippen molar-refractivity contribution in [1.82, 2.24) is 5.32 Å². The van der Waals surface area contributed by atoms with Gasteiger partial charge in [0.25, 0.3) is 0 Å². The minimum Gasteiger partial charge on any atom is -0.490 e. The van der Waals surface area contributed by atoms with Gasteiger partial charge in [0.2, 0.25) is 0 Å². The lowest BCUT2D eigenvalue weighted by Crippen LogP contribution is -2.15. The van der Waals surface area contributed by atoms with Crippen LogP contribution in [0.15, 0.2) is 36.4 Å². The molecule has 2 aromatic rings. The smallest absolute Gasteiger partial charge is 0.180 e. The fourth-order valence-electron chi connectivity index (χ4n) is 2.44. The van der Waals surface area contributed by atoms with Crippen LogP contribution in [-0.2, 0) is 13.2 Å². The highest BCUT2D eigenvalue weighted by Crippen LogP contribution is 2.37. The van der Waals surface area contributed by atoms with Gasteiger partial charge >= 0.3 is 0 Å². The molecule has 3 rings (SSSR count). The Morgan fingerprint density at radius 3 is 2.64 bits per heavy atom. The maximum absolute atomic E-state index is 13.7. The minimum absolute atomic E-state index is 0. The first-order valence-electron chi connectivity index (χ1n) is 8.22. The number of hydrogen-bond acceptors (Lipinski definition) is 3. The number of benzene rings is 2. The Kier molecular flexibility index (Phi) is 7.36. The molecule has 1 fully saturated rings. The third kappa shape index (κ3) is 5.50. The zero-order chi connectivity index (χ0) is 16.9. The zero-order valence-corrected chi connectivity index (χ0v) is 15.6. The van der Waals surface area contributed by atoms with Crippen molar-refractivity contribution < 1.29 is 13.9 Å². The van der Waals surface area contributed by atoms with Crippen LogP contribution in [0.4, 0.5) is 4.39 Å². The molecule has 25 heavy (non-hydrogen) atoms. The second-order valence-electron chi connectivity index (χ2n) is 5.87. The Morgan fingerprint density at radius 1 is 1.20 bits per heavy atom. The molecular formula is C19H22Cl2FNO2. The quantitative estimate of drug-likeness (QED) is 0.682. The lowest BCUT2D eigenvalue weighted by Gasteiger charge is -2.16. The van der Waals surface area contributed by atoms with Crippen LogP contribution in [-0.4, -0.2) is 12.6 Å². The molecule has 0 aromatic heterocycles. The Balaban J connectivity index is 0.00000225. The molecular weight excluding hydrogens is 364 g/mol. The van der Waals surface area contributed by atoms with Gasteiger partial charge in [-0.15, -0.1) is 12.4 Å². The van der Waals surface area contributed by atoms with Crippen LogP contribution in [0.5, 0.6) is 11.5 Å². The molecule has 0 unspecified atom stereocenters. The predicted molar refractivity (Wildman–Crippen MR) is 100 cm³/mol.